The molecule has 0 atom stereocenters. The third-order valence-corrected chi connectivity index (χ3v) is 6.11. The van der Waals surface area contributed by atoms with E-state index in [0.717, 1.165) is 23.1 Å². The number of amides is 1. The molecule has 35 heavy (non-hydrogen) atoms. The molecule has 3 aromatic rings. The predicted octanol–water partition coefficient (Wildman–Crippen LogP) is 7.10. The molecule has 0 radical (unpaired) electrons. The van der Waals surface area contributed by atoms with Gasteiger partial charge < -0.3 is 16.0 Å². The van der Waals surface area contributed by atoms with Crippen molar-refractivity contribution >= 4 is 69.4 Å². The molecular formula is C24H19ClF3N3O2S2. The number of Topliss-reactive ketones (excluding diaryl/α,β-unsaturated/α-hetero) is 1. The molecule has 0 bridgehead atoms. The number of alkyl halides is 3. The Morgan fingerprint density at radius 2 is 1.63 bits per heavy atom. The number of carbonyl (C=O) groups is 2. The summed E-state index contributed by atoms with van der Waals surface area (Å²) >= 11 is 12.4. The van der Waals surface area contributed by atoms with E-state index < -0.39 is 17.6 Å². The fourth-order valence-electron chi connectivity index (χ4n) is 2.88. The zero-order valence-corrected chi connectivity index (χ0v) is 20.6. The van der Waals surface area contributed by atoms with E-state index >= 15 is 0 Å². The fourth-order valence-corrected chi connectivity index (χ4v) is 4.03. The summed E-state index contributed by atoms with van der Waals surface area (Å²) in [6, 6.07) is 16.8. The van der Waals surface area contributed by atoms with E-state index in [-0.39, 0.29) is 22.2 Å². The van der Waals surface area contributed by atoms with Crippen molar-refractivity contribution in [2.45, 2.75) is 18.0 Å². The molecule has 11 heteroatoms. The van der Waals surface area contributed by atoms with Crippen LogP contribution in [0.1, 0.15) is 22.8 Å². The Hall–Kier alpha value is -3.08. The molecule has 0 aliphatic carbocycles. The summed E-state index contributed by atoms with van der Waals surface area (Å²) in [5.41, 5.74) is 0.980. The second kappa shape index (κ2) is 11.6. The summed E-state index contributed by atoms with van der Waals surface area (Å²) in [7, 11) is 0. The first kappa shape index (κ1) is 26.5. The lowest BCUT2D eigenvalue weighted by Gasteiger charge is -2.13. The van der Waals surface area contributed by atoms with E-state index in [1.165, 1.54) is 18.7 Å². The fraction of sp³-hybridized carbons (Fsp3) is 0.125. The van der Waals surface area contributed by atoms with Gasteiger partial charge in [-0.2, -0.15) is 13.2 Å². The minimum atomic E-state index is -4.54. The molecule has 3 rings (SSSR count). The lowest BCUT2D eigenvalue weighted by molar-refractivity contribution is -0.137. The highest BCUT2D eigenvalue weighted by atomic mass is 35.5. The van der Waals surface area contributed by atoms with E-state index in [0.29, 0.717) is 22.1 Å². The first-order chi connectivity index (χ1) is 16.5. The molecule has 0 spiro atoms. The summed E-state index contributed by atoms with van der Waals surface area (Å²) in [6.45, 7) is 1.49. The highest BCUT2D eigenvalue weighted by Crippen LogP contribution is 2.34. The number of anilines is 3. The molecule has 3 aromatic carbocycles. The van der Waals surface area contributed by atoms with Gasteiger partial charge in [0.2, 0.25) is 5.91 Å². The number of ketones is 1. The van der Waals surface area contributed by atoms with Crippen molar-refractivity contribution in [2.75, 3.05) is 21.7 Å². The SMILES string of the molecule is CC(=O)c1ccc(NC(=S)Nc2cccc(SCC(=O)Nc3cc(C(F)(F)F)ccc3Cl)c2)cc1. The van der Waals surface area contributed by atoms with Crippen LogP contribution >= 0.6 is 35.6 Å². The normalized spacial score (nSPS) is 11.0. The largest absolute Gasteiger partial charge is 0.416 e. The second-order valence-corrected chi connectivity index (χ2v) is 9.13. The monoisotopic (exact) mass is 537 g/mol. The standard InChI is InChI=1S/C24H19ClF3N3O2S2/c1-14(32)15-5-8-17(9-6-15)29-23(34)30-18-3-2-4-19(12-18)35-13-22(33)31-21-11-16(24(26,27)28)7-10-20(21)25/h2-12H,13H2,1H3,(H,31,33)(H2,29,30,34). The van der Waals surface area contributed by atoms with Crippen molar-refractivity contribution in [1.29, 1.82) is 0 Å². The smallest absolute Gasteiger partial charge is 0.332 e. The molecule has 182 valence electrons. The maximum absolute atomic E-state index is 12.9. The zero-order valence-electron chi connectivity index (χ0n) is 18.2. The van der Waals surface area contributed by atoms with E-state index in [2.05, 4.69) is 16.0 Å². The van der Waals surface area contributed by atoms with Gasteiger partial charge in [-0.1, -0.05) is 17.7 Å². The van der Waals surface area contributed by atoms with Crippen LogP contribution in [-0.4, -0.2) is 22.6 Å². The quantitative estimate of drug-likeness (QED) is 0.170. The van der Waals surface area contributed by atoms with Crippen molar-refractivity contribution in [3.63, 3.8) is 0 Å². The first-order valence-electron chi connectivity index (χ1n) is 10.1. The van der Waals surface area contributed by atoms with Crippen LogP contribution in [0.5, 0.6) is 0 Å². The number of hydrogen-bond acceptors (Lipinski definition) is 4. The molecule has 1 amide bonds. The van der Waals surface area contributed by atoms with E-state index in [4.69, 9.17) is 23.8 Å². The Bertz CT molecular complexity index is 1250. The van der Waals surface area contributed by atoms with Crippen LogP contribution in [0.15, 0.2) is 71.6 Å². The van der Waals surface area contributed by atoms with Crippen LogP contribution in [0.2, 0.25) is 5.02 Å². The summed E-state index contributed by atoms with van der Waals surface area (Å²) < 4.78 is 38.7. The average Bonchev–Trinajstić information content (AvgIpc) is 2.79. The highest BCUT2D eigenvalue weighted by Gasteiger charge is 2.31. The van der Waals surface area contributed by atoms with Gasteiger partial charge in [-0.15, -0.1) is 11.8 Å². The average molecular weight is 538 g/mol. The van der Waals surface area contributed by atoms with Crippen LogP contribution < -0.4 is 16.0 Å². The third kappa shape index (κ3) is 7.98. The van der Waals surface area contributed by atoms with Crippen molar-refractivity contribution in [2.24, 2.45) is 0 Å². The van der Waals surface area contributed by atoms with Gasteiger partial charge in [0.05, 0.1) is 22.0 Å². The summed E-state index contributed by atoms with van der Waals surface area (Å²) in [5.74, 6) is -0.569. The van der Waals surface area contributed by atoms with Crippen molar-refractivity contribution in [3.05, 3.63) is 82.9 Å². The van der Waals surface area contributed by atoms with Gasteiger partial charge in [-0.25, -0.2) is 0 Å². The number of rotatable bonds is 7. The zero-order chi connectivity index (χ0) is 25.6. The molecule has 0 aliphatic rings. The minimum absolute atomic E-state index is 0.0134. The highest BCUT2D eigenvalue weighted by molar-refractivity contribution is 8.00. The molecule has 0 fully saturated rings. The summed E-state index contributed by atoms with van der Waals surface area (Å²) in [5, 5.41) is 8.82. The van der Waals surface area contributed by atoms with Gasteiger partial charge in [0.1, 0.15) is 0 Å². The molecule has 5 nitrogen and oxygen atoms in total. The maximum atomic E-state index is 12.9. The van der Waals surface area contributed by atoms with Crippen LogP contribution in [0, 0.1) is 0 Å². The number of thioether (sulfide) groups is 1. The Morgan fingerprint density at radius 1 is 0.943 bits per heavy atom. The Morgan fingerprint density at radius 3 is 2.29 bits per heavy atom. The van der Waals surface area contributed by atoms with Crippen LogP contribution in [0.25, 0.3) is 0 Å². The van der Waals surface area contributed by atoms with Crippen LogP contribution in [-0.2, 0) is 11.0 Å². The van der Waals surface area contributed by atoms with Crippen molar-refractivity contribution in [3.8, 4) is 0 Å². The number of nitrogens with one attached hydrogen (secondary N) is 3. The molecule has 0 aromatic heterocycles. The first-order valence-corrected chi connectivity index (χ1v) is 11.9. The number of halogens is 4. The second-order valence-electron chi connectivity index (χ2n) is 7.27. The van der Waals surface area contributed by atoms with Gasteiger partial charge in [-0.05, 0) is 79.8 Å². The Balaban J connectivity index is 1.55. The van der Waals surface area contributed by atoms with Crippen LogP contribution in [0.3, 0.4) is 0 Å². The van der Waals surface area contributed by atoms with Crippen molar-refractivity contribution < 1.29 is 22.8 Å². The number of carbonyl (C=O) groups excluding carboxylic acids is 2. The minimum Gasteiger partial charge on any atom is -0.332 e. The molecule has 0 saturated heterocycles. The van der Waals surface area contributed by atoms with Crippen molar-refractivity contribution in [1.82, 2.24) is 0 Å². The molecule has 0 saturated carbocycles. The topological polar surface area (TPSA) is 70.2 Å². The Labute approximate surface area is 214 Å². The van der Waals surface area contributed by atoms with E-state index in [1.54, 1.807) is 48.5 Å². The number of thiocarbonyl (C=S) groups is 1. The van der Waals surface area contributed by atoms with Gasteiger partial charge in [0, 0.05) is 21.8 Å². The summed E-state index contributed by atoms with van der Waals surface area (Å²) in [6.07, 6.45) is -4.54. The lowest BCUT2D eigenvalue weighted by Crippen LogP contribution is -2.19. The molecular weight excluding hydrogens is 519 g/mol. The lowest BCUT2D eigenvalue weighted by atomic mass is 10.1. The third-order valence-electron chi connectivity index (χ3n) is 4.58. The Kier molecular flexibility index (Phi) is 8.76. The van der Waals surface area contributed by atoms with Gasteiger partial charge in [0.15, 0.2) is 10.9 Å². The van der Waals surface area contributed by atoms with E-state index in [1.807, 2.05) is 0 Å². The molecule has 0 unspecified atom stereocenters. The predicted molar refractivity (Wildman–Crippen MR) is 139 cm³/mol. The van der Waals surface area contributed by atoms with Gasteiger partial charge in [0.25, 0.3) is 0 Å². The maximum Gasteiger partial charge on any atom is 0.416 e. The van der Waals surface area contributed by atoms with Gasteiger partial charge in [-0.3, -0.25) is 9.59 Å². The van der Waals surface area contributed by atoms with Gasteiger partial charge >= 0.3 is 6.18 Å². The molecule has 0 heterocycles. The molecule has 3 N–H and O–H groups in total. The summed E-state index contributed by atoms with van der Waals surface area (Å²) in [4.78, 5) is 24.4. The van der Waals surface area contributed by atoms with Crippen LogP contribution in [0.4, 0.5) is 30.2 Å². The molecule has 0 aliphatic heterocycles. The number of hydrogen-bond donors (Lipinski definition) is 3. The number of benzene rings is 3. The van der Waals surface area contributed by atoms with E-state index in [9.17, 15) is 22.8 Å².